The topological polar surface area (TPSA) is 83.5 Å². The van der Waals surface area contributed by atoms with E-state index in [0.29, 0.717) is 22.6 Å². The molecule has 0 heterocycles. The van der Waals surface area contributed by atoms with Crippen LogP contribution in [0, 0.1) is 5.82 Å². The third-order valence-electron chi connectivity index (χ3n) is 3.53. The summed E-state index contributed by atoms with van der Waals surface area (Å²) in [5.41, 5.74) is 7.66. The zero-order valence-electron chi connectivity index (χ0n) is 12.2. The molecule has 0 aliphatic carbocycles. The molecule has 0 aliphatic rings. The van der Waals surface area contributed by atoms with Gasteiger partial charge in [0.05, 0.1) is 0 Å². The number of rotatable bonds is 6. The summed E-state index contributed by atoms with van der Waals surface area (Å²) in [7, 11) is 0. The lowest BCUT2D eigenvalue weighted by Gasteiger charge is -2.15. The number of carboxylic acids is 1. The molecule has 0 bridgehead atoms. The highest BCUT2D eigenvalue weighted by molar-refractivity contribution is 6.31. The molecule has 0 radical (unpaired) electrons. The van der Waals surface area contributed by atoms with E-state index < -0.39 is 18.1 Å². The molecule has 2 aromatic carbocycles. The molecule has 0 unspecified atom stereocenters. The minimum atomic E-state index is -1.50. The summed E-state index contributed by atoms with van der Waals surface area (Å²) in [6.45, 7) is 0. The van der Waals surface area contributed by atoms with Gasteiger partial charge in [0.2, 0.25) is 0 Å². The Morgan fingerprint density at radius 2 is 1.96 bits per heavy atom. The van der Waals surface area contributed by atoms with Crippen LogP contribution in [0.1, 0.15) is 12.0 Å². The minimum Gasteiger partial charge on any atom is -0.479 e. The Hall–Kier alpha value is -1.95. The molecule has 6 heteroatoms. The number of halogens is 2. The number of aliphatic carboxylic acids is 1. The molecular formula is C17H17ClFNO3. The van der Waals surface area contributed by atoms with E-state index in [-0.39, 0.29) is 12.2 Å². The molecular weight excluding hydrogens is 321 g/mol. The van der Waals surface area contributed by atoms with Gasteiger partial charge in [-0.05, 0) is 36.1 Å². The Kier molecular flexibility index (Phi) is 5.71. The third-order valence-corrected chi connectivity index (χ3v) is 3.88. The van der Waals surface area contributed by atoms with Gasteiger partial charge in [-0.3, -0.25) is 0 Å². The number of nitrogens with two attached hydrogens (primary N) is 1. The van der Waals surface area contributed by atoms with Crippen LogP contribution in [0.15, 0.2) is 42.5 Å². The van der Waals surface area contributed by atoms with Gasteiger partial charge in [-0.2, -0.15) is 0 Å². The second-order valence-corrected chi connectivity index (χ2v) is 5.75. The van der Waals surface area contributed by atoms with E-state index in [9.17, 15) is 14.3 Å². The highest BCUT2D eigenvalue weighted by Gasteiger charge is 2.18. The lowest BCUT2D eigenvalue weighted by molar-refractivity contribution is -0.147. The van der Waals surface area contributed by atoms with Crippen molar-refractivity contribution in [1.82, 2.24) is 0 Å². The summed E-state index contributed by atoms with van der Waals surface area (Å²) in [6, 6.07) is 11.0. The lowest BCUT2D eigenvalue weighted by Crippen LogP contribution is -2.32. The highest BCUT2D eigenvalue weighted by Crippen LogP contribution is 2.28. The van der Waals surface area contributed by atoms with Gasteiger partial charge in [0, 0.05) is 16.6 Å². The van der Waals surface area contributed by atoms with Crippen LogP contribution in [-0.4, -0.2) is 28.3 Å². The van der Waals surface area contributed by atoms with Crippen molar-refractivity contribution in [2.24, 2.45) is 5.73 Å². The van der Waals surface area contributed by atoms with Crippen LogP contribution in [0.3, 0.4) is 0 Å². The van der Waals surface area contributed by atoms with E-state index >= 15 is 0 Å². The van der Waals surface area contributed by atoms with Crippen molar-refractivity contribution < 1.29 is 19.4 Å². The molecule has 0 amide bonds. The monoisotopic (exact) mass is 337 g/mol. The first-order chi connectivity index (χ1) is 10.9. The molecule has 2 atom stereocenters. The SMILES string of the molecule is N[C@H](Cc1ccc(-c2ccccc2F)cc1Cl)C[C@@H](O)C(=O)O. The molecule has 0 fully saturated rings. The molecule has 0 saturated heterocycles. The predicted molar refractivity (Wildman–Crippen MR) is 86.8 cm³/mol. The van der Waals surface area contributed by atoms with E-state index in [1.165, 1.54) is 6.07 Å². The first kappa shape index (κ1) is 17.4. The predicted octanol–water partition coefficient (Wildman–Crippen LogP) is 2.85. The largest absolute Gasteiger partial charge is 0.479 e. The fourth-order valence-corrected chi connectivity index (χ4v) is 2.59. The first-order valence-electron chi connectivity index (χ1n) is 7.08. The van der Waals surface area contributed by atoms with Crippen LogP contribution in [0.2, 0.25) is 5.02 Å². The second kappa shape index (κ2) is 7.55. The van der Waals surface area contributed by atoms with Crippen LogP contribution in [-0.2, 0) is 11.2 Å². The Morgan fingerprint density at radius 3 is 2.57 bits per heavy atom. The smallest absolute Gasteiger partial charge is 0.332 e. The number of carboxylic acid groups (broad SMARTS) is 1. The summed E-state index contributed by atoms with van der Waals surface area (Å²) in [5, 5.41) is 18.4. The van der Waals surface area contributed by atoms with E-state index in [2.05, 4.69) is 0 Å². The van der Waals surface area contributed by atoms with Crippen LogP contribution in [0.4, 0.5) is 4.39 Å². The Morgan fingerprint density at radius 1 is 1.26 bits per heavy atom. The number of carbonyl (C=O) groups is 1. The van der Waals surface area contributed by atoms with E-state index in [0.717, 1.165) is 5.56 Å². The minimum absolute atomic E-state index is 0.0687. The van der Waals surface area contributed by atoms with Crippen LogP contribution >= 0.6 is 11.6 Å². The highest BCUT2D eigenvalue weighted by atomic mass is 35.5. The molecule has 2 rings (SSSR count). The fraction of sp³-hybridized carbons (Fsp3) is 0.235. The van der Waals surface area contributed by atoms with E-state index in [1.54, 1.807) is 36.4 Å². The quantitative estimate of drug-likeness (QED) is 0.757. The van der Waals surface area contributed by atoms with Gasteiger partial charge >= 0.3 is 5.97 Å². The van der Waals surface area contributed by atoms with Crippen molar-refractivity contribution in [3.63, 3.8) is 0 Å². The maximum absolute atomic E-state index is 13.8. The molecule has 0 aliphatic heterocycles. The van der Waals surface area contributed by atoms with E-state index in [4.69, 9.17) is 22.4 Å². The Balaban J connectivity index is 2.14. The molecule has 4 nitrogen and oxygen atoms in total. The van der Waals surface area contributed by atoms with Crippen molar-refractivity contribution in [1.29, 1.82) is 0 Å². The third kappa shape index (κ3) is 4.51. The molecule has 0 saturated carbocycles. The number of hydrogen-bond donors (Lipinski definition) is 3. The van der Waals surface area contributed by atoms with Crippen molar-refractivity contribution in [3.05, 3.63) is 58.9 Å². The fourth-order valence-electron chi connectivity index (χ4n) is 2.33. The maximum atomic E-state index is 13.8. The van der Waals surface area contributed by atoms with Gasteiger partial charge in [0.25, 0.3) is 0 Å². The molecule has 2 aromatic rings. The molecule has 0 spiro atoms. The van der Waals surface area contributed by atoms with Crippen LogP contribution in [0.25, 0.3) is 11.1 Å². The average molecular weight is 338 g/mol. The zero-order chi connectivity index (χ0) is 17.0. The summed E-state index contributed by atoms with van der Waals surface area (Å²) in [6.07, 6.45) is -1.25. The normalized spacial score (nSPS) is 13.6. The van der Waals surface area contributed by atoms with Gasteiger partial charge in [-0.25, -0.2) is 9.18 Å². The summed E-state index contributed by atoms with van der Waals surface area (Å²) in [4.78, 5) is 10.6. The number of aliphatic hydroxyl groups is 1. The van der Waals surface area contributed by atoms with Gasteiger partial charge in [-0.15, -0.1) is 0 Å². The molecule has 0 aromatic heterocycles. The second-order valence-electron chi connectivity index (χ2n) is 5.34. The Labute approximate surface area is 138 Å². The van der Waals surface area contributed by atoms with Gasteiger partial charge < -0.3 is 15.9 Å². The van der Waals surface area contributed by atoms with Crippen LogP contribution in [0.5, 0.6) is 0 Å². The molecule has 23 heavy (non-hydrogen) atoms. The van der Waals surface area contributed by atoms with Crippen LogP contribution < -0.4 is 5.73 Å². The zero-order valence-corrected chi connectivity index (χ0v) is 13.0. The number of benzene rings is 2. The summed E-state index contributed by atoms with van der Waals surface area (Å²) < 4.78 is 13.8. The average Bonchev–Trinajstić information content (AvgIpc) is 2.49. The van der Waals surface area contributed by atoms with Crippen molar-refractivity contribution >= 4 is 17.6 Å². The number of aliphatic hydroxyl groups excluding tert-OH is 1. The van der Waals surface area contributed by atoms with Crippen molar-refractivity contribution in [2.45, 2.75) is 25.0 Å². The lowest BCUT2D eigenvalue weighted by atomic mass is 9.98. The van der Waals surface area contributed by atoms with Crippen molar-refractivity contribution in [2.75, 3.05) is 0 Å². The number of hydrogen-bond acceptors (Lipinski definition) is 3. The Bertz CT molecular complexity index is 708. The first-order valence-corrected chi connectivity index (χ1v) is 7.46. The van der Waals surface area contributed by atoms with E-state index in [1.807, 2.05) is 0 Å². The summed E-state index contributed by atoms with van der Waals surface area (Å²) in [5.74, 6) is -1.64. The molecule has 4 N–H and O–H groups in total. The van der Waals surface area contributed by atoms with Crippen molar-refractivity contribution in [3.8, 4) is 11.1 Å². The standard InChI is InChI=1S/C17H17ClFNO3/c18-14-8-10(13-3-1-2-4-15(13)19)5-6-11(14)7-12(20)9-16(21)17(22)23/h1-6,8,12,16,21H,7,9,20H2,(H,22,23)/t12-,16-/m1/s1. The summed E-state index contributed by atoms with van der Waals surface area (Å²) >= 11 is 6.22. The van der Waals surface area contributed by atoms with Gasteiger partial charge in [0.15, 0.2) is 6.10 Å². The molecule has 122 valence electrons. The van der Waals surface area contributed by atoms with Gasteiger partial charge in [0.1, 0.15) is 5.82 Å². The van der Waals surface area contributed by atoms with Gasteiger partial charge in [-0.1, -0.05) is 41.9 Å². The maximum Gasteiger partial charge on any atom is 0.332 e.